The molecule has 0 bridgehead atoms. The summed E-state index contributed by atoms with van der Waals surface area (Å²) in [4.78, 5) is 12.8. The van der Waals surface area contributed by atoms with Crippen LogP contribution in [0.25, 0.3) is 10.8 Å². The van der Waals surface area contributed by atoms with Gasteiger partial charge in [-0.2, -0.15) is 0 Å². The maximum absolute atomic E-state index is 12.9. The zero-order valence-electron chi connectivity index (χ0n) is 14.2. The third kappa shape index (κ3) is 2.63. The summed E-state index contributed by atoms with van der Waals surface area (Å²) >= 11 is 0. The minimum atomic E-state index is -3.72. The Balaban J connectivity index is 1.61. The van der Waals surface area contributed by atoms with Gasteiger partial charge in [0.1, 0.15) is 6.54 Å². The lowest BCUT2D eigenvalue weighted by molar-refractivity contribution is -0.120. The highest BCUT2D eigenvalue weighted by molar-refractivity contribution is 7.93. The quantitative estimate of drug-likeness (QED) is 0.771. The van der Waals surface area contributed by atoms with E-state index in [1.165, 1.54) is 4.31 Å². The van der Waals surface area contributed by atoms with E-state index in [9.17, 15) is 13.2 Å². The number of sulfonamides is 1. The topological polar surface area (TPSA) is 66.5 Å². The van der Waals surface area contributed by atoms with E-state index in [0.29, 0.717) is 11.1 Å². The number of benzene rings is 3. The molecule has 3 aromatic carbocycles. The van der Waals surface area contributed by atoms with Crippen molar-refractivity contribution >= 4 is 32.4 Å². The van der Waals surface area contributed by atoms with Crippen molar-refractivity contribution in [3.63, 3.8) is 0 Å². The van der Waals surface area contributed by atoms with Crippen LogP contribution in [-0.4, -0.2) is 20.9 Å². The van der Waals surface area contributed by atoms with Gasteiger partial charge >= 0.3 is 0 Å². The summed E-state index contributed by atoms with van der Waals surface area (Å²) < 4.78 is 27.0. The molecule has 0 aliphatic carbocycles. The van der Waals surface area contributed by atoms with Gasteiger partial charge in [-0.3, -0.25) is 9.10 Å². The van der Waals surface area contributed by atoms with Crippen LogP contribution in [0.2, 0.25) is 0 Å². The van der Waals surface area contributed by atoms with Crippen LogP contribution in [0.15, 0.2) is 71.6 Å². The molecule has 132 valence electrons. The van der Waals surface area contributed by atoms with Crippen LogP contribution in [0, 0.1) is 0 Å². The van der Waals surface area contributed by atoms with Gasteiger partial charge in [-0.25, -0.2) is 8.42 Å². The van der Waals surface area contributed by atoms with Crippen molar-refractivity contribution in [1.82, 2.24) is 5.32 Å². The van der Waals surface area contributed by atoms with Crippen molar-refractivity contribution in [2.24, 2.45) is 0 Å². The molecule has 5 nitrogen and oxygen atoms in total. The van der Waals surface area contributed by atoms with Crippen molar-refractivity contribution < 1.29 is 13.2 Å². The minimum Gasteiger partial charge on any atom is -0.348 e. The molecule has 0 saturated carbocycles. The van der Waals surface area contributed by atoms with E-state index in [-0.39, 0.29) is 23.4 Å². The summed E-state index contributed by atoms with van der Waals surface area (Å²) in [5.41, 5.74) is 1.52. The molecule has 1 atom stereocenters. The Labute approximate surface area is 152 Å². The molecular weight excluding hydrogens is 348 g/mol. The molecule has 0 aromatic heterocycles. The minimum absolute atomic E-state index is 0.202. The molecule has 1 aliphatic rings. The van der Waals surface area contributed by atoms with Gasteiger partial charge in [0.05, 0.1) is 16.6 Å². The second-order valence-corrected chi connectivity index (χ2v) is 8.17. The molecule has 26 heavy (non-hydrogen) atoms. The van der Waals surface area contributed by atoms with E-state index < -0.39 is 10.0 Å². The van der Waals surface area contributed by atoms with E-state index >= 15 is 0 Å². The Morgan fingerprint density at radius 2 is 1.69 bits per heavy atom. The molecule has 3 aromatic rings. The number of hydrogen-bond acceptors (Lipinski definition) is 3. The Hall–Kier alpha value is -2.86. The van der Waals surface area contributed by atoms with Crippen molar-refractivity contribution in [3.05, 3.63) is 72.3 Å². The second-order valence-electron chi connectivity index (χ2n) is 6.34. The molecule has 1 amide bonds. The van der Waals surface area contributed by atoms with Crippen LogP contribution in [0.4, 0.5) is 5.69 Å². The molecule has 0 fully saturated rings. The summed E-state index contributed by atoms with van der Waals surface area (Å²) in [7, 11) is -3.72. The number of rotatable bonds is 4. The number of nitrogens with zero attached hydrogens (tertiary/aromatic N) is 1. The fourth-order valence-corrected chi connectivity index (χ4v) is 5.04. The predicted octanol–water partition coefficient (Wildman–Crippen LogP) is 3.23. The second kappa shape index (κ2) is 6.14. The Bertz CT molecular complexity index is 1090. The van der Waals surface area contributed by atoms with Crippen molar-refractivity contribution in [2.75, 3.05) is 10.8 Å². The predicted molar refractivity (Wildman–Crippen MR) is 101 cm³/mol. The number of amides is 1. The van der Waals surface area contributed by atoms with Gasteiger partial charge in [-0.1, -0.05) is 54.6 Å². The molecule has 0 saturated heterocycles. The number of carbonyl (C=O) groups is 1. The van der Waals surface area contributed by atoms with Crippen molar-refractivity contribution in [1.29, 1.82) is 0 Å². The average molecular weight is 366 g/mol. The average Bonchev–Trinajstić information content (AvgIpc) is 2.86. The van der Waals surface area contributed by atoms with E-state index in [0.717, 1.165) is 10.9 Å². The van der Waals surface area contributed by atoms with E-state index in [1.807, 2.05) is 49.4 Å². The standard InChI is InChI=1S/C20H18N2O3S/c1-14(15-7-3-2-4-8-15)21-19(23)13-22-17-11-5-9-16-10-6-12-18(20(16)17)26(22,24)25/h2-12,14H,13H2,1H3,(H,21,23)/t14-/m1/s1. The molecule has 1 N–H and O–H groups in total. The molecule has 0 radical (unpaired) electrons. The summed E-state index contributed by atoms with van der Waals surface area (Å²) in [5.74, 6) is -0.338. The summed E-state index contributed by atoms with van der Waals surface area (Å²) in [6.45, 7) is 1.63. The van der Waals surface area contributed by atoms with Gasteiger partial charge in [0.25, 0.3) is 10.0 Å². The molecule has 0 spiro atoms. The number of hydrogen-bond donors (Lipinski definition) is 1. The first-order valence-corrected chi connectivity index (χ1v) is 9.81. The number of nitrogens with one attached hydrogen (secondary N) is 1. The zero-order valence-corrected chi connectivity index (χ0v) is 15.0. The lowest BCUT2D eigenvalue weighted by Crippen LogP contribution is -2.39. The van der Waals surface area contributed by atoms with E-state index in [4.69, 9.17) is 0 Å². The monoisotopic (exact) mass is 366 g/mol. The molecule has 1 heterocycles. The lowest BCUT2D eigenvalue weighted by atomic mass is 10.1. The van der Waals surface area contributed by atoms with Crippen LogP contribution >= 0.6 is 0 Å². The van der Waals surface area contributed by atoms with Gasteiger partial charge in [0.15, 0.2) is 0 Å². The SMILES string of the molecule is C[C@@H](NC(=O)CN1c2cccc3cccc(c23)S1(=O)=O)c1ccccc1. The van der Waals surface area contributed by atoms with Crippen LogP contribution < -0.4 is 9.62 Å². The first-order valence-electron chi connectivity index (χ1n) is 8.37. The first-order chi connectivity index (χ1) is 12.5. The summed E-state index contributed by atoms with van der Waals surface area (Å²) in [6, 6.07) is 20.0. The smallest absolute Gasteiger partial charge is 0.265 e. The highest BCUT2D eigenvalue weighted by atomic mass is 32.2. The lowest BCUT2D eigenvalue weighted by Gasteiger charge is -2.20. The van der Waals surface area contributed by atoms with Crippen LogP contribution in [0.1, 0.15) is 18.5 Å². The van der Waals surface area contributed by atoms with E-state index in [2.05, 4.69) is 5.32 Å². The van der Waals surface area contributed by atoms with Gasteiger partial charge in [0.2, 0.25) is 5.91 Å². The van der Waals surface area contributed by atoms with Gasteiger partial charge in [0, 0.05) is 5.39 Å². The molecular formula is C20H18N2O3S. The maximum atomic E-state index is 12.9. The van der Waals surface area contributed by atoms with Gasteiger partial charge in [-0.15, -0.1) is 0 Å². The van der Waals surface area contributed by atoms with Crippen LogP contribution in [0.5, 0.6) is 0 Å². The van der Waals surface area contributed by atoms with Crippen molar-refractivity contribution in [2.45, 2.75) is 17.9 Å². The molecule has 1 aliphatic heterocycles. The van der Waals surface area contributed by atoms with Gasteiger partial charge in [-0.05, 0) is 30.0 Å². The largest absolute Gasteiger partial charge is 0.348 e. The molecule has 0 unspecified atom stereocenters. The Kier molecular flexibility index (Phi) is 3.92. The normalized spacial score (nSPS) is 15.8. The highest BCUT2D eigenvalue weighted by Gasteiger charge is 2.36. The number of anilines is 1. The highest BCUT2D eigenvalue weighted by Crippen LogP contribution is 2.41. The molecule has 6 heteroatoms. The maximum Gasteiger partial charge on any atom is 0.265 e. The fourth-order valence-electron chi connectivity index (χ4n) is 3.37. The van der Waals surface area contributed by atoms with E-state index in [1.54, 1.807) is 24.3 Å². The summed E-state index contributed by atoms with van der Waals surface area (Å²) in [6.07, 6.45) is 0. The van der Waals surface area contributed by atoms with Crippen LogP contribution in [-0.2, 0) is 14.8 Å². The molecule has 4 rings (SSSR count). The van der Waals surface area contributed by atoms with Crippen LogP contribution in [0.3, 0.4) is 0 Å². The zero-order chi connectivity index (χ0) is 18.3. The fraction of sp³-hybridized carbons (Fsp3) is 0.150. The third-order valence-electron chi connectivity index (χ3n) is 4.65. The first kappa shape index (κ1) is 16.6. The Morgan fingerprint density at radius 3 is 2.42 bits per heavy atom. The summed E-state index contributed by atoms with van der Waals surface area (Å²) in [5, 5.41) is 4.41. The van der Waals surface area contributed by atoms with Gasteiger partial charge < -0.3 is 5.32 Å². The Morgan fingerprint density at radius 1 is 1.00 bits per heavy atom. The van der Waals surface area contributed by atoms with Crippen molar-refractivity contribution in [3.8, 4) is 0 Å². The number of carbonyl (C=O) groups excluding carboxylic acids is 1. The third-order valence-corrected chi connectivity index (χ3v) is 6.45.